The summed E-state index contributed by atoms with van der Waals surface area (Å²) in [4.78, 5) is 11.8. The molecule has 0 aromatic heterocycles. The Hall–Kier alpha value is -1.81. The molecule has 0 saturated heterocycles. The van der Waals surface area contributed by atoms with Crippen molar-refractivity contribution in [1.29, 1.82) is 0 Å². The predicted octanol–water partition coefficient (Wildman–Crippen LogP) is 3.80. The van der Waals surface area contributed by atoms with Gasteiger partial charge in [-0.05, 0) is 36.8 Å². The Morgan fingerprint density at radius 1 is 1.10 bits per heavy atom. The Balaban J connectivity index is 1.66. The number of hydrogen-bond acceptors (Lipinski definition) is 2. The van der Waals surface area contributed by atoms with E-state index in [4.69, 9.17) is 0 Å². The first kappa shape index (κ1) is 15.6. The van der Waals surface area contributed by atoms with Crippen LogP contribution in [0.1, 0.15) is 21.5 Å². The zero-order valence-corrected chi connectivity index (χ0v) is 12.8. The molecule has 0 radical (unpaired) electrons. The third-order valence-electron chi connectivity index (χ3n) is 3.03. The van der Waals surface area contributed by atoms with Crippen molar-refractivity contribution in [3.63, 3.8) is 0 Å². The molecule has 0 aliphatic carbocycles. The molecule has 0 unspecified atom stereocenters. The SMILES string of the molecule is Cc1ccc(CSCCNC(=O)c2ccc(F)cc2)cc1. The van der Waals surface area contributed by atoms with Crippen molar-refractivity contribution in [2.45, 2.75) is 12.7 Å². The van der Waals surface area contributed by atoms with Gasteiger partial charge in [-0.25, -0.2) is 4.39 Å². The fraction of sp³-hybridized carbons (Fsp3) is 0.235. The van der Waals surface area contributed by atoms with Crippen LogP contribution in [0.5, 0.6) is 0 Å². The van der Waals surface area contributed by atoms with Gasteiger partial charge in [0.15, 0.2) is 0 Å². The van der Waals surface area contributed by atoms with E-state index in [-0.39, 0.29) is 11.7 Å². The van der Waals surface area contributed by atoms with Gasteiger partial charge < -0.3 is 5.32 Å². The van der Waals surface area contributed by atoms with E-state index < -0.39 is 0 Å². The molecule has 0 aliphatic heterocycles. The van der Waals surface area contributed by atoms with Crippen LogP contribution in [0.3, 0.4) is 0 Å². The highest BCUT2D eigenvalue weighted by Gasteiger charge is 2.04. The summed E-state index contributed by atoms with van der Waals surface area (Å²) in [5.41, 5.74) is 3.03. The van der Waals surface area contributed by atoms with Gasteiger partial charge in [-0.2, -0.15) is 11.8 Å². The lowest BCUT2D eigenvalue weighted by molar-refractivity contribution is 0.0956. The Kier molecular flexibility index (Phi) is 5.81. The lowest BCUT2D eigenvalue weighted by atomic mass is 10.2. The van der Waals surface area contributed by atoms with Crippen molar-refractivity contribution in [2.75, 3.05) is 12.3 Å². The molecular formula is C17H18FNOS. The van der Waals surface area contributed by atoms with Crippen LogP contribution in [-0.4, -0.2) is 18.2 Å². The van der Waals surface area contributed by atoms with Crippen molar-refractivity contribution in [1.82, 2.24) is 5.32 Å². The third kappa shape index (κ3) is 5.23. The van der Waals surface area contributed by atoms with E-state index in [1.807, 2.05) is 0 Å². The summed E-state index contributed by atoms with van der Waals surface area (Å²) < 4.78 is 12.8. The number of carbonyl (C=O) groups is 1. The van der Waals surface area contributed by atoms with Crippen molar-refractivity contribution in [2.24, 2.45) is 0 Å². The number of amides is 1. The zero-order chi connectivity index (χ0) is 15.1. The second kappa shape index (κ2) is 7.84. The van der Waals surface area contributed by atoms with E-state index >= 15 is 0 Å². The van der Waals surface area contributed by atoms with E-state index in [2.05, 4.69) is 36.5 Å². The highest BCUT2D eigenvalue weighted by Crippen LogP contribution is 2.12. The van der Waals surface area contributed by atoms with Gasteiger partial charge in [0.25, 0.3) is 5.91 Å². The molecule has 0 saturated carbocycles. The summed E-state index contributed by atoms with van der Waals surface area (Å²) in [6.45, 7) is 2.68. The van der Waals surface area contributed by atoms with Gasteiger partial charge in [-0.1, -0.05) is 29.8 Å². The third-order valence-corrected chi connectivity index (χ3v) is 4.06. The Morgan fingerprint density at radius 2 is 1.76 bits per heavy atom. The summed E-state index contributed by atoms with van der Waals surface area (Å²) in [5.74, 6) is 1.29. The molecule has 1 N–H and O–H groups in total. The van der Waals surface area contributed by atoms with Crippen molar-refractivity contribution >= 4 is 17.7 Å². The first-order valence-corrected chi connectivity index (χ1v) is 7.97. The van der Waals surface area contributed by atoms with Gasteiger partial charge in [-0.15, -0.1) is 0 Å². The number of rotatable bonds is 6. The average Bonchev–Trinajstić information content (AvgIpc) is 2.49. The van der Waals surface area contributed by atoms with Crippen LogP contribution in [-0.2, 0) is 5.75 Å². The molecule has 2 aromatic carbocycles. The lowest BCUT2D eigenvalue weighted by Crippen LogP contribution is -2.25. The first-order valence-electron chi connectivity index (χ1n) is 6.82. The Bertz CT molecular complexity index is 581. The smallest absolute Gasteiger partial charge is 0.251 e. The van der Waals surface area contributed by atoms with Crippen LogP contribution < -0.4 is 5.32 Å². The molecule has 0 atom stereocenters. The van der Waals surface area contributed by atoms with Gasteiger partial charge in [0.05, 0.1) is 0 Å². The number of halogens is 1. The molecule has 2 nitrogen and oxygen atoms in total. The maximum absolute atomic E-state index is 12.8. The molecule has 21 heavy (non-hydrogen) atoms. The van der Waals surface area contributed by atoms with Crippen LogP contribution in [0.4, 0.5) is 4.39 Å². The number of aryl methyl sites for hydroxylation is 1. The summed E-state index contributed by atoms with van der Waals surface area (Å²) in [7, 11) is 0. The molecule has 0 spiro atoms. The van der Waals surface area contributed by atoms with Crippen LogP contribution in [0.2, 0.25) is 0 Å². The second-order valence-electron chi connectivity index (χ2n) is 4.80. The Labute approximate surface area is 128 Å². The number of hydrogen-bond donors (Lipinski definition) is 1. The van der Waals surface area contributed by atoms with Crippen molar-refractivity contribution in [3.8, 4) is 0 Å². The van der Waals surface area contributed by atoms with Crippen LogP contribution in [0.15, 0.2) is 48.5 Å². The number of thioether (sulfide) groups is 1. The number of carbonyl (C=O) groups excluding carboxylic acids is 1. The molecular weight excluding hydrogens is 285 g/mol. The normalized spacial score (nSPS) is 10.4. The molecule has 2 rings (SSSR count). The van der Waals surface area contributed by atoms with E-state index in [9.17, 15) is 9.18 Å². The molecule has 2 aromatic rings. The minimum absolute atomic E-state index is 0.161. The minimum Gasteiger partial charge on any atom is -0.351 e. The van der Waals surface area contributed by atoms with Crippen molar-refractivity contribution in [3.05, 3.63) is 71.0 Å². The van der Waals surface area contributed by atoms with E-state index in [0.29, 0.717) is 12.1 Å². The quantitative estimate of drug-likeness (QED) is 0.823. The summed E-state index contributed by atoms with van der Waals surface area (Å²) in [6, 6.07) is 14.0. The summed E-state index contributed by atoms with van der Waals surface area (Å²) >= 11 is 1.78. The van der Waals surface area contributed by atoms with Gasteiger partial charge in [0.1, 0.15) is 5.82 Å². The summed E-state index contributed by atoms with van der Waals surface area (Å²) in [5, 5.41) is 2.83. The number of benzene rings is 2. The molecule has 1 amide bonds. The van der Waals surface area contributed by atoms with Crippen LogP contribution >= 0.6 is 11.8 Å². The topological polar surface area (TPSA) is 29.1 Å². The van der Waals surface area contributed by atoms with E-state index in [1.165, 1.54) is 35.4 Å². The number of nitrogens with one attached hydrogen (secondary N) is 1. The lowest BCUT2D eigenvalue weighted by Gasteiger charge is -2.06. The van der Waals surface area contributed by atoms with E-state index in [0.717, 1.165) is 11.5 Å². The summed E-state index contributed by atoms with van der Waals surface area (Å²) in [6.07, 6.45) is 0. The van der Waals surface area contributed by atoms with Gasteiger partial charge in [0, 0.05) is 23.6 Å². The maximum Gasteiger partial charge on any atom is 0.251 e. The molecule has 4 heteroatoms. The molecule has 0 heterocycles. The highest BCUT2D eigenvalue weighted by molar-refractivity contribution is 7.98. The van der Waals surface area contributed by atoms with Gasteiger partial charge in [-0.3, -0.25) is 4.79 Å². The zero-order valence-electron chi connectivity index (χ0n) is 11.9. The van der Waals surface area contributed by atoms with Crippen molar-refractivity contribution < 1.29 is 9.18 Å². The fourth-order valence-electron chi connectivity index (χ4n) is 1.81. The molecule has 0 bridgehead atoms. The van der Waals surface area contributed by atoms with Crippen LogP contribution in [0.25, 0.3) is 0 Å². The van der Waals surface area contributed by atoms with Crippen LogP contribution in [0, 0.1) is 12.7 Å². The van der Waals surface area contributed by atoms with Gasteiger partial charge in [0.2, 0.25) is 0 Å². The highest BCUT2D eigenvalue weighted by atomic mass is 32.2. The average molecular weight is 303 g/mol. The minimum atomic E-state index is -0.333. The van der Waals surface area contributed by atoms with Gasteiger partial charge >= 0.3 is 0 Å². The first-order chi connectivity index (χ1) is 10.1. The maximum atomic E-state index is 12.8. The monoisotopic (exact) mass is 303 g/mol. The second-order valence-corrected chi connectivity index (χ2v) is 5.91. The fourth-order valence-corrected chi connectivity index (χ4v) is 2.63. The Morgan fingerprint density at radius 3 is 2.43 bits per heavy atom. The van der Waals surface area contributed by atoms with E-state index in [1.54, 1.807) is 11.8 Å². The predicted molar refractivity (Wildman–Crippen MR) is 86.1 cm³/mol. The largest absolute Gasteiger partial charge is 0.351 e. The molecule has 0 aliphatic rings. The standard InChI is InChI=1S/C17H18FNOS/c1-13-2-4-14(5-3-13)12-21-11-10-19-17(20)15-6-8-16(18)9-7-15/h2-9H,10-12H2,1H3,(H,19,20). The molecule has 110 valence electrons. The molecule has 0 fully saturated rings.